The van der Waals surface area contributed by atoms with Gasteiger partial charge in [-0.1, -0.05) is 30.3 Å². The number of methoxy groups -OCH3 is 1. The lowest BCUT2D eigenvalue weighted by Gasteiger charge is -2.33. The smallest absolute Gasteiger partial charge is 0.260 e. The Kier molecular flexibility index (Phi) is 5.28. The molecule has 25 heavy (non-hydrogen) atoms. The van der Waals surface area contributed by atoms with Gasteiger partial charge in [0.25, 0.3) is 5.91 Å². The highest BCUT2D eigenvalue weighted by Gasteiger charge is 2.29. The number of ether oxygens (including phenoxy) is 2. The summed E-state index contributed by atoms with van der Waals surface area (Å²) in [5, 5.41) is 0. The van der Waals surface area contributed by atoms with Crippen LogP contribution in [0.15, 0.2) is 42.5 Å². The minimum atomic E-state index is -0.923. The average Bonchev–Trinajstić information content (AvgIpc) is 2.62. The van der Waals surface area contributed by atoms with E-state index in [0.717, 1.165) is 17.7 Å². The van der Waals surface area contributed by atoms with Gasteiger partial charge in [0.1, 0.15) is 22.9 Å². The maximum absolute atomic E-state index is 14.1. The number of hydrogen-bond donors (Lipinski definition) is 0. The van der Waals surface area contributed by atoms with Gasteiger partial charge in [0.05, 0.1) is 19.8 Å². The number of morpholine rings is 1. The molecule has 1 aliphatic heterocycles. The van der Waals surface area contributed by atoms with Gasteiger partial charge in [0.2, 0.25) is 0 Å². The highest BCUT2D eigenvalue weighted by molar-refractivity contribution is 5.95. The molecule has 0 spiro atoms. The molecule has 0 bridgehead atoms. The monoisotopic (exact) mass is 347 g/mol. The standard InChI is InChI=1S/C19H19F2NO3/c1-24-14-10-16(20)18(17(21)11-14)19(23)22-7-8-25-15(12-22)9-13-5-3-2-4-6-13/h2-6,10-11,15H,7-9,12H2,1H3. The van der Waals surface area contributed by atoms with Gasteiger partial charge in [0.15, 0.2) is 0 Å². The van der Waals surface area contributed by atoms with E-state index in [2.05, 4.69) is 0 Å². The molecule has 1 amide bonds. The summed E-state index contributed by atoms with van der Waals surface area (Å²) in [6, 6.07) is 11.8. The Morgan fingerprint density at radius 2 is 1.92 bits per heavy atom. The van der Waals surface area contributed by atoms with E-state index in [4.69, 9.17) is 9.47 Å². The zero-order valence-corrected chi connectivity index (χ0v) is 13.9. The number of amides is 1. The number of nitrogens with zero attached hydrogens (tertiary/aromatic N) is 1. The quantitative estimate of drug-likeness (QED) is 0.853. The summed E-state index contributed by atoms with van der Waals surface area (Å²) in [5.74, 6) is -2.48. The third kappa shape index (κ3) is 3.96. The lowest BCUT2D eigenvalue weighted by molar-refractivity contribution is -0.0211. The predicted molar refractivity (Wildman–Crippen MR) is 88.7 cm³/mol. The first-order chi connectivity index (χ1) is 12.1. The Hall–Kier alpha value is -2.47. The van der Waals surface area contributed by atoms with Crippen molar-refractivity contribution in [3.8, 4) is 5.75 Å². The maximum Gasteiger partial charge on any atom is 0.260 e. The second kappa shape index (κ2) is 7.61. The van der Waals surface area contributed by atoms with Crippen molar-refractivity contribution in [3.05, 3.63) is 65.2 Å². The lowest BCUT2D eigenvalue weighted by Crippen LogP contribution is -2.46. The van der Waals surface area contributed by atoms with Gasteiger partial charge in [-0.2, -0.15) is 0 Å². The Morgan fingerprint density at radius 3 is 2.56 bits per heavy atom. The predicted octanol–water partition coefficient (Wildman–Crippen LogP) is 3.06. The molecule has 0 N–H and O–H groups in total. The fraction of sp³-hybridized carbons (Fsp3) is 0.316. The molecule has 1 fully saturated rings. The molecule has 1 atom stereocenters. The van der Waals surface area contributed by atoms with E-state index in [-0.39, 0.29) is 11.9 Å². The minimum absolute atomic E-state index is 0.0375. The molecule has 132 valence electrons. The van der Waals surface area contributed by atoms with Crippen molar-refractivity contribution in [2.45, 2.75) is 12.5 Å². The van der Waals surface area contributed by atoms with E-state index in [1.807, 2.05) is 30.3 Å². The van der Waals surface area contributed by atoms with Crippen LogP contribution in [0.5, 0.6) is 5.75 Å². The molecule has 6 heteroatoms. The van der Waals surface area contributed by atoms with Crippen molar-refractivity contribution in [1.29, 1.82) is 0 Å². The number of halogens is 2. The highest BCUT2D eigenvalue weighted by Crippen LogP contribution is 2.23. The molecule has 1 aliphatic rings. The van der Waals surface area contributed by atoms with E-state index in [1.54, 1.807) is 0 Å². The Labute approximate surface area is 145 Å². The zero-order valence-electron chi connectivity index (χ0n) is 13.9. The van der Waals surface area contributed by atoms with Crippen molar-refractivity contribution < 1.29 is 23.0 Å². The van der Waals surface area contributed by atoms with E-state index in [9.17, 15) is 13.6 Å². The van der Waals surface area contributed by atoms with Gasteiger partial charge in [0, 0.05) is 31.6 Å². The first-order valence-corrected chi connectivity index (χ1v) is 8.06. The molecule has 0 saturated carbocycles. The summed E-state index contributed by atoms with van der Waals surface area (Å²) < 4.78 is 38.8. The zero-order chi connectivity index (χ0) is 17.8. The normalized spacial score (nSPS) is 17.4. The summed E-state index contributed by atoms with van der Waals surface area (Å²) in [6.45, 7) is 0.927. The van der Waals surface area contributed by atoms with Gasteiger partial charge < -0.3 is 14.4 Å². The van der Waals surface area contributed by atoms with Crippen LogP contribution >= 0.6 is 0 Å². The van der Waals surface area contributed by atoms with Crippen molar-refractivity contribution in [3.63, 3.8) is 0 Å². The lowest BCUT2D eigenvalue weighted by atomic mass is 10.1. The number of benzene rings is 2. The molecular formula is C19H19F2NO3. The first-order valence-electron chi connectivity index (χ1n) is 8.06. The molecule has 1 saturated heterocycles. The third-order valence-electron chi connectivity index (χ3n) is 4.20. The molecule has 4 nitrogen and oxygen atoms in total. The van der Waals surface area contributed by atoms with Crippen molar-refractivity contribution >= 4 is 5.91 Å². The van der Waals surface area contributed by atoms with Gasteiger partial charge in [-0.05, 0) is 5.56 Å². The van der Waals surface area contributed by atoms with Crippen molar-refractivity contribution in [1.82, 2.24) is 4.90 Å². The molecule has 0 aromatic heterocycles. The highest BCUT2D eigenvalue weighted by atomic mass is 19.1. The molecule has 1 unspecified atom stereocenters. The second-order valence-corrected chi connectivity index (χ2v) is 5.90. The summed E-state index contributed by atoms with van der Waals surface area (Å²) >= 11 is 0. The molecule has 2 aromatic carbocycles. The molecule has 3 rings (SSSR count). The topological polar surface area (TPSA) is 38.8 Å². The molecular weight excluding hydrogens is 328 g/mol. The van der Waals surface area contributed by atoms with E-state index >= 15 is 0 Å². The Bertz CT molecular complexity index is 729. The van der Waals surface area contributed by atoms with Crippen molar-refractivity contribution in [2.75, 3.05) is 26.8 Å². The van der Waals surface area contributed by atoms with Crippen LogP contribution in [0.2, 0.25) is 0 Å². The van der Waals surface area contributed by atoms with Crippen LogP contribution in [0.3, 0.4) is 0 Å². The van der Waals surface area contributed by atoms with Crippen LogP contribution in [0, 0.1) is 11.6 Å². The summed E-state index contributed by atoms with van der Waals surface area (Å²) in [7, 11) is 1.31. The summed E-state index contributed by atoms with van der Waals surface area (Å²) in [6.07, 6.45) is 0.433. The van der Waals surface area contributed by atoms with Crippen LogP contribution in [-0.2, 0) is 11.2 Å². The van der Waals surface area contributed by atoms with Crippen LogP contribution in [0.1, 0.15) is 15.9 Å². The molecule has 1 heterocycles. The van der Waals surface area contributed by atoms with E-state index < -0.39 is 23.1 Å². The van der Waals surface area contributed by atoms with Gasteiger partial charge in [-0.15, -0.1) is 0 Å². The van der Waals surface area contributed by atoms with E-state index in [0.29, 0.717) is 26.1 Å². The van der Waals surface area contributed by atoms with Gasteiger partial charge in [-0.25, -0.2) is 8.78 Å². The van der Waals surface area contributed by atoms with Crippen LogP contribution in [-0.4, -0.2) is 43.7 Å². The number of hydrogen-bond acceptors (Lipinski definition) is 3. The fourth-order valence-electron chi connectivity index (χ4n) is 2.93. The molecule has 0 radical (unpaired) electrons. The minimum Gasteiger partial charge on any atom is -0.497 e. The molecule has 0 aliphatic carbocycles. The fourth-order valence-corrected chi connectivity index (χ4v) is 2.93. The van der Waals surface area contributed by atoms with Gasteiger partial charge in [-0.3, -0.25) is 4.79 Å². The largest absolute Gasteiger partial charge is 0.497 e. The maximum atomic E-state index is 14.1. The number of carbonyl (C=O) groups excluding carboxylic acids is 1. The third-order valence-corrected chi connectivity index (χ3v) is 4.20. The van der Waals surface area contributed by atoms with Crippen LogP contribution in [0.25, 0.3) is 0 Å². The van der Waals surface area contributed by atoms with Crippen LogP contribution < -0.4 is 4.74 Å². The summed E-state index contributed by atoms with van der Waals surface area (Å²) in [5.41, 5.74) is 0.532. The number of carbonyl (C=O) groups is 1. The second-order valence-electron chi connectivity index (χ2n) is 5.90. The van der Waals surface area contributed by atoms with Crippen molar-refractivity contribution in [2.24, 2.45) is 0 Å². The van der Waals surface area contributed by atoms with Crippen LogP contribution in [0.4, 0.5) is 8.78 Å². The van der Waals surface area contributed by atoms with Gasteiger partial charge >= 0.3 is 0 Å². The Morgan fingerprint density at radius 1 is 1.24 bits per heavy atom. The first kappa shape index (κ1) is 17.4. The summed E-state index contributed by atoms with van der Waals surface area (Å²) in [4.78, 5) is 14.0. The number of rotatable bonds is 4. The average molecular weight is 347 g/mol. The SMILES string of the molecule is COc1cc(F)c(C(=O)N2CCOC(Cc3ccccc3)C2)c(F)c1. The molecule has 2 aromatic rings. The van der Waals surface area contributed by atoms with E-state index in [1.165, 1.54) is 12.0 Å². The Balaban J connectivity index is 1.74.